The van der Waals surface area contributed by atoms with Crippen LogP contribution in [0.1, 0.15) is 42.4 Å². The molecule has 3 rings (SSSR count). The molecule has 2 atom stereocenters. The minimum atomic E-state index is 0.173. The second kappa shape index (κ2) is 5.71. The fourth-order valence-corrected chi connectivity index (χ4v) is 2.82. The molecule has 0 spiro atoms. The van der Waals surface area contributed by atoms with Gasteiger partial charge in [0.25, 0.3) is 0 Å². The summed E-state index contributed by atoms with van der Waals surface area (Å²) in [6.07, 6.45) is 1.10. The van der Waals surface area contributed by atoms with Crippen molar-refractivity contribution >= 4 is 0 Å². The van der Waals surface area contributed by atoms with Gasteiger partial charge in [-0.25, -0.2) is 0 Å². The van der Waals surface area contributed by atoms with Gasteiger partial charge in [-0.05, 0) is 38.1 Å². The third-order valence-electron chi connectivity index (χ3n) is 3.82. The zero-order chi connectivity index (χ0) is 13.9. The van der Waals surface area contributed by atoms with Gasteiger partial charge in [-0.3, -0.25) is 0 Å². The lowest BCUT2D eigenvalue weighted by atomic mass is 9.91. The van der Waals surface area contributed by atoms with Crippen LogP contribution in [0, 0.1) is 6.92 Å². The zero-order valence-corrected chi connectivity index (χ0v) is 12.1. The normalized spacial score (nSPS) is 18.6. The monoisotopic (exact) mass is 271 g/mol. The number of nitrogens with one attached hydrogen (secondary N) is 1. The van der Waals surface area contributed by atoms with Gasteiger partial charge in [0.2, 0.25) is 0 Å². The summed E-state index contributed by atoms with van der Waals surface area (Å²) in [7, 11) is 0. The average Bonchev–Trinajstić information content (AvgIpc) is 3.07. The Morgan fingerprint density at radius 2 is 2.10 bits per heavy atom. The molecule has 20 heavy (non-hydrogen) atoms. The van der Waals surface area contributed by atoms with Crippen molar-refractivity contribution in [2.24, 2.45) is 0 Å². The van der Waals surface area contributed by atoms with Gasteiger partial charge in [-0.2, -0.15) is 0 Å². The molecule has 1 aliphatic heterocycles. The first kappa shape index (κ1) is 13.3. The van der Waals surface area contributed by atoms with Crippen molar-refractivity contribution in [3.8, 4) is 5.75 Å². The molecule has 3 heteroatoms. The Hall–Kier alpha value is -1.74. The molecule has 2 unspecified atom stereocenters. The van der Waals surface area contributed by atoms with E-state index in [0.717, 1.165) is 30.2 Å². The van der Waals surface area contributed by atoms with Gasteiger partial charge in [-0.15, -0.1) is 0 Å². The van der Waals surface area contributed by atoms with E-state index in [-0.39, 0.29) is 6.04 Å². The quantitative estimate of drug-likeness (QED) is 0.898. The molecule has 0 saturated carbocycles. The van der Waals surface area contributed by atoms with Gasteiger partial charge in [0.1, 0.15) is 17.3 Å². The summed E-state index contributed by atoms with van der Waals surface area (Å²) >= 11 is 0. The van der Waals surface area contributed by atoms with Crippen LogP contribution in [0.15, 0.2) is 40.8 Å². The molecule has 106 valence electrons. The summed E-state index contributed by atoms with van der Waals surface area (Å²) in [5.41, 5.74) is 1.27. The summed E-state index contributed by atoms with van der Waals surface area (Å²) in [6.45, 7) is 5.85. The van der Waals surface area contributed by atoms with Gasteiger partial charge >= 0.3 is 0 Å². The third-order valence-corrected chi connectivity index (χ3v) is 3.82. The minimum Gasteiger partial charge on any atom is -0.493 e. The Labute approximate surface area is 119 Å². The van der Waals surface area contributed by atoms with Crippen LogP contribution in [-0.4, -0.2) is 13.2 Å². The van der Waals surface area contributed by atoms with Crippen LogP contribution in [0.4, 0.5) is 0 Å². The van der Waals surface area contributed by atoms with Crippen molar-refractivity contribution in [3.63, 3.8) is 0 Å². The molecular formula is C17H21NO2. The first-order chi connectivity index (χ1) is 9.79. The number of hydrogen-bond donors (Lipinski definition) is 1. The van der Waals surface area contributed by atoms with Gasteiger partial charge in [-0.1, -0.05) is 25.1 Å². The summed E-state index contributed by atoms with van der Waals surface area (Å²) in [6, 6.07) is 12.6. The second-order valence-corrected chi connectivity index (χ2v) is 5.34. The van der Waals surface area contributed by atoms with E-state index in [1.165, 1.54) is 5.56 Å². The number of hydrogen-bond acceptors (Lipinski definition) is 3. The topological polar surface area (TPSA) is 34.4 Å². The lowest BCUT2D eigenvalue weighted by Crippen LogP contribution is -2.28. The van der Waals surface area contributed by atoms with Crippen molar-refractivity contribution in [1.82, 2.24) is 5.32 Å². The van der Waals surface area contributed by atoms with Crippen LogP contribution in [-0.2, 0) is 0 Å². The van der Waals surface area contributed by atoms with E-state index in [1.54, 1.807) is 0 Å². The van der Waals surface area contributed by atoms with Gasteiger partial charge < -0.3 is 14.5 Å². The van der Waals surface area contributed by atoms with Gasteiger partial charge in [0.05, 0.1) is 12.6 Å². The number of rotatable bonds is 5. The van der Waals surface area contributed by atoms with Crippen LogP contribution >= 0.6 is 0 Å². The highest BCUT2D eigenvalue weighted by atomic mass is 16.5. The molecule has 0 radical (unpaired) electrons. The highest BCUT2D eigenvalue weighted by molar-refractivity contribution is 5.41. The molecule has 1 aromatic heterocycles. The Bertz CT molecular complexity index is 576. The lowest BCUT2D eigenvalue weighted by Gasteiger charge is -2.22. The summed E-state index contributed by atoms with van der Waals surface area (Å²) in [4.78, 5) is 0. The van der Waals surface area contributed by atoms with Gasteiger partial charge in [0, 0.05) is 11.5 Å². The van der Waals surface area contributed by atoms with E-state index in [4.69, 9.17) is 9.15 Å². The molecule has 2 heterocycles. The molecule has 0 aliphatic carbocycles. The third kappa shape index (κ3) is 2.46. The smallest absolute Gasteiger partial charge is 0.122 e. The van der Waals surface area contributed by atoms with Crippen LogP contribution in [0.25, 0.3) is 0 Å². The minimum absolute atomic E-state index is 0.173. The summed E-state index contributed by atoms with van der Waals surface area (Å²) < 4.78 is 11.7. The molecule has 1 aliphatic rings. The second-order valence-electron chi connectivity index (χ2n) is 5.34. The molecule has 1 N–H and O–H groups in total. The standard InChI is InChI=1S/C17H21NO2/c1-3-10-18-17(16-9-8-12(2)20-16)14-11-19-15-7-5-4-6-13(14)15/h4-9,14,17-18H,3,10-11H2,1-2H3. The summed E-state index contributed by atoms with van der Waals surface area (Å²) in [5.74, 6) is 3.27. The molecule has 3 nitrogen and oxygen atoms in total. The first-order valence-electron chi connectivity index (χ1n) is 7.31. The van der Waals surface area contributed by atoms with Gasteiger partial charge in [0.15, 0.2) is 0 Å². The fourth-order valence-electron chi connectivity index (χ4n) is 2.82. The molecule has 1 aromatic carbocycles. The molecule has 0 fully saturated rings. The van der Waals surface area contributed by atoms with Crippen LogP contribution in [0.5, 0.6) is 5.75 Å². The predicted octanol–water partition coefficient (Wildman–Crippen LogP) is 3.80. The van der Waals surface area contributed by atoms with Crippen molar-refractivity contribution in [2.45, 2.75) is 32.2 Å². The highest BCUT2D eigenvalue weighted by Gasteiger charge is 2.33. The van der Waals surface area contributed by atoms with E-state index in [1.807, 2.05) is 25.1 Å². The Morgan fingerprint density at radius 1 is 1.25 bits per heavy atom. The predicted molar refractivity (Wildman–Crippen MR) is 79.2 cm³/mol. The Morgan fingerprint density at radius 3 is 2.85 bits per heavy atom. The zero-order valence-electron chi connectivity index (χ0n) is 12.1. The first-order valence-corrected chi connectivity index (χ1v) is 7.31. The number of aryl methyl sites for hydroxylation is 1. The van der Waals surface area contributed by atoms with E-state index in [9.17, 15) is 0 Å². The fraction of sp³-hybridized carbons (Fsp3) is 0.412. The largest absolute Gasteiger partial charge is 0.493 e. The Balaban J connectivity index is 1.90. The number of furan rings is 1. The molecule has 0 saturated heterocycles. The van der Waals surface area contributed by atoms with Crippen molar-refractivity contribution in [3.05, 3.63) is 53.5 Å². The molecule has 0 amide bonds. The average molecular weight is 271 g/mol. The maximum atomic E-state index is 5.85. The molecular weight excluding hydrogens is 250 g/mol. The Kier molecular flexibility index (Phi) is 3.79. The van der Waals surface area contributed by atoms with Crippen molar-refractivity contribution in [2.75, 3.05) is 13.2 Å². The van der Waals surface area contributed by atoms with Crippen LogP contribution in [0.2, 0.25) is 0 Å². The van der Waals surface area contributed by atoms with E-state index in [2.05, 4.69) is 30.4 Å². The molecule has 2 aromatic rings. The number of benzene rings is 1. The maximum absolute atomic E-state index is 5.85. The van der Waals surface area contributed by atoms with Crippen LogP contribution in [0.3, 0.4) is 0 Å². The van der Waals surface area contributed by atoms with E-state index in [0.29, 0.717) is 12.5 Å². The van der Waals surface area contributed by atoms with Crippen molar-refractivity contribution in [1.29, 1.82) is 0 Å². The number of para-hydroxylation sites is 1. The van der Waals surface area contributed by atoms with E-state index < -0.39 is 0 Å². The SMILES string of the molecule is CCCNC(c1ccc(C)o1)C1COc2ccccc21. The van der Waals surface area contributed by atoms with Crippen molar-refractivity contribution < 1.29 is 9.15 Å². The highest BCUT2D eigenvalue weighted by Crippen LogP contribution is 2.41. The van der Waals surface area contributed by atoms with Crippen LogP contribution < -0.4 is 10.1 Å². The molecule has 0 bridgehead atoms. The number of ether oxygens (including phenoxy) is 1. The van der Waals surface area contributed by atoms with E-state index >= 15 is 0 Å². The maximum Gasteiger partial charge on any atom is 0.122 e. The number of fused-ring (bicyclic) bond motifs is 1. The summed E-state index contributed by atoms with van der Waals surface area (Å²) in [5, 5.41) is 3.61. The lowest BCUT2D eigenvalue weighted by molar-refractivity contribution is 0.280.